The van der Waals surface area contributed by atoms with Crippen molar-refractivity contribution in [3.63, 3.8) is 0 Å². The zero-order chi connectivity index (χ0) is 17.8. The second-order valence-corrected chi connectivity index (χ2v) is 5.17. The molecule has 0 unspecified atom stereocenters. The van der Waals surface area contributed by atoms with Gasteiger partial charge < -0.3 is 10.1 Å². The number of nitrogens with zero attached hydrogens (tertiary/aromatic N) is 4. The molecule has 0 saturated heterocycles. The highest BCUT2D eigenvalue weighted by atomic mass is 19.1. The maximum absolute atomic E-state index is 13.5. The molecule has 2 aromatic carbocycles. The van der Waals surface area contributed by atoms with Gasteiger partial charge in [0.1, 0.15) is 12.1 Å². The van der Waals surface area contributed by atoms with E-state index in [-0.39, 0.29) is 5.75 Å². The number of halogens is 2. The van der Waals surface area contributed by atoms with Crippen molar-refractivity contribution in [2.45, 2.75) is 6.92 Å². The minimum atomic E-state index is -0.871. The van der Waals surface area contributed by atoms with E-state index >= 15 is 0 Å². The Bertz CT molecular complexity index is 900. The van der Waals surface area contributed by atoms with E-state index in [0.717, 1.165) is 17.7 Å². The molecule has 0 aliphatic carbocycles. The van der Waals surface area contributed by atoms with Gasteiger partial charge in [-0.25, -0.2) is 13.5 Å². The molecule has 0 fully saturated rings. The number of tetrazole rings is 1. The van der Waals surface area contributed by atoms with Crippen molar-refractivity contribution in [3.8, 4) is 11.4 Å². The highest BCUT2D eigenvalue weighted by molar-refractivity contribution is 5.92. The number of nitrogens with one attached hydrogen (secondary N) is 1. The molecule has 0 saturated carbocycles. The van der Waals surface area contributed by atoms with Crippen LogP contribution < -0.4 is 10.1 Å². The molecule has 1 amide bonds. The lowest BCUT2D eigenvalue weighted by atomic mass is 10.2. The Labute approximate surface area is 141 Å². The summed E-state index contributed by atoms with van der Waals surface area (Å²) in [5.74, 6) is -2.28. The third-order valence-electron chi connectivity index (χ3n) is 3.34. The van der Waals surface area contributed by atoms with Gasteiger partial charge in [-0.2, -0.15) is 0 Å². The van der Waals surface area contributed by atoms with Crippen LogP contribution in [0.2, 0.25) is 0 Å². The highest BCUT2D eigenvalue weighted by Gasteiger charge is 2.10. The molecule has 0 atom stereocenters. The third kappa shape index (κ3) is 3.94. The van der Waals surface area contributed by atoms with Crippen molar-refractivity contribution in [2.75, 3.05) is 11.9 Å². The molecule has 1 N–H and O–H groups in total. The number of hydrogen-bond donors (Lipinski definition) is 1. The first-order valence-electron chi connectivity index (χ1n) is 7.24. The number of amides is 1. The van der Waals surface area contributed by atoms with E-state index in [1.807, 2.05) is 6.92 Å². The minimum Gasteiger partial charge on any atom is -0.481 e. The van der Waals surface area contributed by atoms with Gasteiger partial charge in [0.25, 0.3) is 5.91 Å². The average Bonchev–Trinajstić information content (AvgIpc) is 3.10. The molecule has 0 aliphatic heterocycles. The first-order chi connectivity index (χ1) is 12.0. The van der Waals surface area contributed by atoms with E-state index < -0.39 is 24.1 Å². The summed E-state index contributed by atoms with van der Waals surface area (Å²) in [6.07, 6.45) is 1.44. The summed E-state index contributed by atoms with van der Waals surface area (Å²) in [5.41, 5.74) is 2.12. The van der Waals surface area contributed by atoms with Gasteiger partial charge in [-0.1, -0.05) is 6.07 Å². The van der Waals surface area contributed by atoms with Crippen molar-refractivity contribution in [1.29, 1.82) is 0 Å². The number of carbonyl (C=O) groups is 1. The van der Waals surface area contributed by atoms with Crippen molar-refractivity contribution in [1.82, 2.24) is 20.2 Å². The van der Waals surface area contributed by atoms with Gasteiger partial charge in [-0.3, -0.25) is 4.79 Å². The second kappa shape index (κ2) is 7.04. The lowest BCUT2D eigenvalue weighted by molar-refractivity contribution is -0.118. The van der Waals surface area contributed by atoms with Gasteiger partial charge in [0, 0.05) is 11.8 Å². The van der Waals surface area contributed by atoms with Crippen LogP contribution in [-0.4, -0.2) is 32.7 Å². The fourth-order valence-electron chi connectivity index (χ4n) is 2.14. The SMILES string of the molecule is Cc1ccc(NC(=O)COc2ccc(F)cc2F)cc1-n1cnnn1. The molecule has 0 aliphatic rings. The van der Waals surface area contributed by atoms with Crippen LogP contribution in [0.15, 0.2) is 42.7 Å². The summed E-state index contributed by atoms with van der Waals surface area (Å²) in [4.78, 5) is 12.0. The van der Waals surface area contributed by atoms with Crippen molar-refractivity contribution in [3.05, 3.63) is 59.9 Å². The molecule has 3 aromatic rings. The molecule has 0 spiro atoms. The zero-order valence-corrected chi connectivity index (χ0v) is 13.1. The van der Waals surface area contributed by atoms with Crippen LogP contribution in [0.25, 0.3) is 5.69 Å². The Kier molecular flexibility index (Phi) is 4.64. The van der Waals surface area contributed by atoms with E-state index in [2.05, 4.69) is 20.8 Å². The van der Waals surface area contributed by atoms with Crippen LogP contribution in [-0.2, 0) is 4.79 Å². The van der Waals surface area contributed by atoms with Crippen LogP contribution in [0.1, 0.15) is 5.56 Å². The van der Waals surface area contributed by atoms with Gasteiger partial charge in [0.05, 0.1) is 5.69 Å². The van der Waals surface area contributed by atoms with Crippen molar-refractivity contribution >= 4 is 11.6 Å². The van der Waals surface area contributed by atoms with Crippen molar-refractivity contribution in [2.24, 2.45) is 0 Å². The van der Waals surface area contributed by atoms with E-state index in [1.165, 1.54) is 11.0 Å². The second-order valence-electron chi connectivity index (χ2n) is 5.17. The summed E-state index contributed by atoms with van der Waals surface area (Å²) in [6.45, 7) is 1.46. The van der Waals surface area contributed by atoms with Gasteiger partial charge in [0.15, 0.2) is 18.2 Å². The molecule has 128 valence electrons. The Hall–Kier alpha value is -3.36. The molecule has 1 aromatic heterocycles. The number of anilines is 1. The maximum Gasteiger partial charge on any atom is 0.262 e. The van der Waals surface area contributed by atoms with Gasteiger partial charge in [-0.15, -0.1) is 5.10 Å². The Balaban J connectivity index is 1.66. The molecular formula is C16H13F2N5O2. The number of hydrogen-bond acceptors (Lipinski definition) is 5. The number of aromatic nitrogens is 4. The van der Waals surface area contributed by atoms with E-state index in [0.29, 0.717) is 17.4 Å². The molecule has 7 nitrogen and oxygen atoms in total. The zero-order valence-electron chi connectivity index (χ0n) is 13.1. The monoisotopic (exact) mass is 345 g/mol. The minimum absolute atomic E-state index is 0.199. The molecule has 0 radical (unpaired) electrons. The Morgan fingerprint density at radius 2 is 2.08 bits per heavy atom. The quantitative estimate of drug-likeness (QED) is 0.767. The number of ether oxygens (including phenoxy) is 1. The van der Waals surface area contributed by atoms with Gasteiger partial charge in [-0.05, 0) is 47.2 Å². The highest BCUT2D eigenvalue weighted by Crippen LogP contribution is 2.19. The van der Waals surface area contributed by atoms with Gasteiger partial charge in [0.2, 0.25) is 0 Å². The summed E-state index contributed by atoms with van der Waals surface area (Å²) in [6, 6.07) is 8.06. The summed E-state index contributed by atoms with van der Waals surface area (Å²) in [7, 11) is 0. The average molecular weight is 345 g/mol. The smallest absolute Gasteiger partial charge is 0.262 e. The predicted octanol–water partition coefficient (Wildman–Crippen LogP) is 2.27. The van der Waals surface area contributed by atoms with Gasteiger partial charge >= 0.3 is 0 Å². The Morgan fingerprint density at radius 1 is 1.24 bits per heavy atom. The molecule has 3 rings (SSSR count). The van der Waals surface area contributed by atoms with E-state index in [1.54, 1.807) is 18.2 Å². The van der Waals surface area contributed by atoms with Crippen LogP contribution in [0, 0.1) is 18.6 Å². The fourth-order valence-corrected chi connectivity index (χ4v) is 2.14. The van der Waals surface area contributed by atoms with Crippen LogP contribution >= 0.6 is 0 Å². The first-order valence-corrected chi connectivity index (χ1v) is 7.24. The number of benzene rings is 2. The number of carbonyl (C=O) groups excluding carboxylic acids is 1. The number of rotatable bonds is 5. The van der Waals surface area contributed by atoms with E-state index in [4.69, 9.17) is 4.74 Å². The normalized spacial score (nSPS) is 10.5. The molecule has 1 heterocycles. The molecular weight excluding hydrogens is 332 g/mol. The Morgan fingerprint density at radius 3 is 2.80 bits per heavy atom. The van der Waals surface area contributed by atoms with Crippen molar-refractivity contribution < 1.29 is 18.3 Å². The van der Waals surface area contributed by atoms with Crippen LogP contribution in [0.5, 0.6) is 5.75 Å². The molecule has 0 bridgehead atoms. The van der Waals surface area contributed by atoms with Crippen LogP contribution in [0.3, 0.4) is 0 Å². The summed E-state index contributed by atoms with van der Waals surface area (Å²) < 4.78 is 32.8. The molecule has 25 heavy (non-hydrogen) atoms. The topological polar surface area (TPSA) is 81.9 Å². The summed E-state index contributed by atoms with van der Waals surface area (Å²) >= 11 is 0. The fraction of sp³-hybridized carbons (Fsp3) is 0.125. The van der Waals surface area contributed by atoms with E-state index in [9.17, 15) is 13.6 Å². The predicted molar refractivity (Wildman–Crippen MR) is 84.4 cm³/mol. The lowest BCUT2D eigenvalue weighted by Crippen LogP contribution is -2.20. The summed E-state index contributed by atoms with van der Waals surface area (Å²) in [5, 5.41) is 13.6. The number of aryl methyl sites for hydroxylation is 1. The standard InChI is InChI=1S/C16H13F2N5O2/c1-10-2-4-12(7-14(10)23-9-19-21-22-23)20-16(24)8-25-15-5-3-11(17)6-13(15)18/h2-7,9H,8H2,1H3,(H,20,24). The van der Waals surface area contributed by atoms with Crippen LogP contribution in [0.4, 0.5) is 14.5 Å². The first kappa shape index (κ1) is 16.5. The lowest BCUT2D eigenvalue weighted by Gasteiger charge is -2.10. The third-order valence-corrected chi connectivity index (χ3v) is 3.34. The largest absolute Gasteiger partial charge is 0.481 e. The molecule has 9 heteroatoms. The maximum atomic E-state index is 13.5.